The molecule has 6 heteroatoms. The number of nitrogens with zero attached hydrogens (tertiary/aromatic N) is 1. The van der Waals surface area contributed by atoms with Crippen LogP contribution in [0, 0.1) is 12.8 Å². The first-order valence-corrected chi connectivity index (χ1v) is 11.6. The number of aliphatic hydroxyl groups is 1. The Morgan fingerprint density at radius 3 is 2.90 bits per heavy atom. The molecular weight excluding hydrogens is 394 g/mol. The largest absolute Gasteiger partial charge is 0.480 e. The van der Waals surface area contributed by atoms with Gasteiger partial charge in [-0.05, 0) is 62.8 Å². The smallest absolute Gasteiger partial charge is 0.336 e. The molecule has 3 atom stereocenters. The van der Waals surface area contributed by atoms with Gasteiger partial charge in [0.05, 0.1) is 11.0 Å². The molecule has 2 fully saturated rings. The average Bonchev–Trinajstić information content (AvgIpc) is 2.72. The van der Waals surface area contributed by atoms with Gasteiger partial charge in [0.15, 0.2) is 6.10 Å². The van der Waals surface area contributed by atoms with Gasteiger partial charge in [-0.15, -0.1) is 0 Å². The first-order chi connectivity index (χ1) is 14.8. The van der Waals surface area contributed by atoms with E-state index in [0.717, 1.165) is 55.0 Å². The zero-order valence-electron chi connectivity index (χ0n) is 18.8. The number of carbonyl (C=O) groups excluding carboxylic acids is 1. The van der Waals surface area contributed by atoms with Crippen molar-refractivity contribution < 1.29 is 19.1 Å². The fraction of sp³-hybridized carbons (Fsp3) is 0.600. The Kier molecular flexibility index (Phi) is 6.11. The standard InChI is InChI=1S/C25H33NO5/c1-4-7-18-14-22(27)31-21-13-16(2)12-20(23(18)21)30-17(3)24(28)26-11-10-25(29)9-6-5-8-19(25)15-26/h12-14,17,19,29H,4-11,15H2,1-3H3/t17-,19-,25-/m1/s1. The van der Waals surface area contributed by atoms with E-state index in [1.54, 1.807) is 6.92 Å². The number of piperidine rings is 1. The first kappa shape index (κ1) is 21.9. The molecule has 168 valence electrons. The third-order valence-corrected chi connectivity index (χ3v) is 6.94. The fourth-order valence-corrected chi connectivity index (χ4v) is 5.30. The summed E-state index contributed by atoms with van der Waals surface area (Å²) in [6.07, 6.45) is 5.58. The number of fused-ring (bicyclic) bond motifs is 2. The van der Waals surface area contributed by atoms with Gasteiger partial charge in [0.25, 0.3) is 5.91 Å². The van der Waals surface area contributed by atoms with E-state index in [1.807, 2.05) is 24.0 Å². The van der Waals surface area contributed by atoms with Gasteiger partial charge in [0.1, 0.15) is 11.3 Å². The Bertz CT molecular complexity index is 1030. The summed E-state index contributed by atoms with van der Waals surface area (Å²) in [6, 6.07) is 5.26. The minimum Gasteiger partial charge on any atom is -0.480 e. The minimum absolute atomic E-state index is 0.0586. The zero-order chi connectivity index (χ0) is 22.2. The van der Waals surface area contributed by atoms with Crippen molar-refractivity contribution >= 4 is 16.9 Å². The van der Waals surface area contributed by atoms with Crippen LogP contribution in [0.2, 0.25) is 0 Å². The predicted molar refractivity (Wildman–Crippen MR) is 119 cm³/mol. The molecule has 4 rings (SSSR count). The highest BCUT2D eigenvalue weighted by molar-refractivity contribution is 5.88. The fourth-order valence-electron chi connectivity index (χ4n) is 5.30. The molecule has 2 aromatic rings. The van der Waals surface area contributed by atoms with E-state index in [0.29, 0.717) is 30.8 Å². The average molecular weight is 428 g/mol. The maximum atomic E-state index is 13.2. The number of hydrogen-bond acceptors (Lipinski definition) is 5. The van der Waals surface area contributed by atoms with Crippen molar-refractivity contribution in [1.82, 2.24) is 4.90 Å². The van der Waals surface area contributed by atoms with Crippen molar-refractivity contribution in [3.8, 4) is 5.75 Å². The van der Waals surface area contributed by atoms with Crippen LogP contribution in [-0.4, -0.2) is 40.7 Å². The van der Waals surface area contributed by atoms with E-state index in [4.69, 9.17) is 9.15 Å². The molecule has 1 saturated heterocycles. The molecule has 1 saturated carbocycles. The summed E-state index contributed by atoms with van der Waals surface area (Å²) in [5, 5.41) is 11.7. The molecule has 1 aromatic carbocycles. The van der Waals surface area contributed by atoms with Crippen molar-refractivity contribution in [2.75, 3.05) is 13.1 Å². The van der Waals surface area contributed by atoms with Gasteiger partial charge in [0.2, 0.25) is 0 Å². The summed E-state index contributed by atoms with van der Waals surface area (Å²) >= 11 is 0. The molecule has 0 radical (unpaired) electrons. The second-order valence-electron chi connectivity index (χ2n) is 9.32. The molecule has 1 aromatic heterocycles. The second kappa shape index (κ2) is 8.65. The lowest BCUT2D eigenvalue weighted by Gasteiger charge is -2.47. The lowest BCUT2D eigenvalue weighted by atomic mass is 9.71. The Morgan fingerprint density at radius 1 is 1.32 bits per heavy atom. The number of benzene rings is 1. The van der Waals surface area contributed by atoms with Crippen molar-refractivity contribution in [2.45, 2.75) is 77.4 Å². The number of aryl methyl sites for hydroxylation is 2. The van der Waals surface area contributed by atoms with Crippen LogP contribution in [0.1, 0.15) is 63.5 Å². The van der Waals surface area contributed by atoms with E-state index in [9.17, 15) is 14.7 Å². The third-order valence-electron chi connectivity index (χ3n) is 6.94. The van der Waals surface area contributed by atoms with E-state index in [-0.39, 0.29) is 17.5 Å². The molecule has 2 aliphatic rings. The van der Waals surface area contributed by atoms with Gasteiger partial charge in [-0.2, -0.15) is 0 Å². The van der Waals surface area contributed by atoms with Crippen LogP contribution in [-0.2, 0) is 11.2 Å². The van der Waals surface area contributed by atoms with E-state index in [2.05, 4.69) is 6.92 Å². The summed E-state index contributed by atoms with van der Waals surface area (Å²) in [7, 11) is 0. The first-order valence-electron chi connectivity index (χ1n) is 11.6. The van der Waals surface area contributed by atoms with Crippen LogP contribution in [0.5, 0.6) is 5.75 Å². The predicted octanol–water partition coefficient (Wildman–Crippen LogP) is 3.97. The van der Waals surface area contributed by atoms with E-state index >= 15 is 0 Å². The maximum absolute atomic E-state index is 13.2. The molecule has 1 amide bonds. The Balaban J connectivity index is 1.57. The van der Waals surface area contributed by atoms with Crippen LogP contribution < -0.4 is 10.4 Å². The molecule has 0 unspecified atom stereocenters. The van der Waals surface area contributed by atoms with Crippen LogP contribution in [0.4, 0.5) is 0 Å². The number of rotatable bonds is 5. The molecule has 1 aliphatic carbocycles. The normalized spacial score (nSPS) is 24.6. The van der Waals surface area contributed by atoms with Gasteiger partial charge in [-0.1, -0.05) is 26.2 Å². The summed E-state index contributed by atoms with van der Waals surface area (Å²) in [5.74, 6) is 0.669. The van der Waals surface area contributed by atoms with Crippen molar-refractivity contribution in [3.05, 3.63) is 39.7 Å². The third kappa shape index (κ3) is 4.36. The summed E-state index contributed by atoms with van der Waals surface area (Å²) < 4.78 is 11.6. The molecule has 2 heterocycles. The highest BCUT2D eigenvalue weighted by atomic mass is 16.5. The van der Waals surface area contributed by atoms with Crippen molar-refractivity contribution in [1.29, 1.82) is 0 Å². The SMILES string of the molecule is CCCc1cc(=O)oc2cc(C)cc(O[C@H](C)C(=O)N3CC[C@]4(O)CCCC[C@@H]4C3)c12. The summed E-state index contributed by atoms with van der Waals surface area (Å²) in [6.45, 7) is 6.90. The van der Waals surface area contributed by atoms with Gasteiger partial charge in [-0.25, -0.2) is 4.79 Å². The van der Waals surface area contributed by atoms with E-state index < -0.39 is 11.7 Å². The van der Waals surface area contributed by atoms with Crippen molar-refractivity contribution in [2.24, 2.45) is 5.92 Å². The monoisotopic (exact) mass is 427 g/mol. The lowest BCUT2D eigenvalue weighted by Crippen LogP contribution is -2.56. The zero-order valence-corrected chi connectivity index (χ0v) is 18.8. The molecular formula is C25H33NO5. The summed E-state index contributed by atoms with van der Waals surface area (Å²) in [5.41, 5.74) is 1.30. The molecule has 1 aliphatic heterocycles. The van der Waals surface area contributed by atoms with Gasteiger partial charge >= 0.3 is 5.63 Å². The lowest BCUT2D eigenvalue weighted by molar-refractivity contribution is -0.149. The number of likely N-dealkylation sites (tertiary alicyclic amines) is 1. The highest BCUT2D eigenvalue weighted by Gasteiger charge is 2.44. The topological polar surface area (TPSA) is 80.0 Å². The van der Waals surface area contributed by atoms with Crippen LogP contribution in [0.25, 0.3) is 11.0 Å². The van der Waals surface area contributed by atoms with Crippen LogP contribution >= 0.6 is 0 Å². The number of hydrogen-bond donors (Lipinski definition) is 1. The number of ether oxygens (including phenoxy) is 1. The van der Waals surface area contributed by atoms with Gasteiger partial charge < -0.3 is 19.2 Å². The van der Waals surface area contributed by atoms with Crippen LogP contribution in [0.15, 0.2) is 27.4 Å². The van der Waals surface area contributed by atoms with Gasteiger partial charge in [-0.3, -0.25) is 4.79 Å². The summed E-state index contributed by atoms with van der Waals surface area (Å²) in [4.78, 5) is 27.1. The molecule has 1 N–H and O–H groups in total. The Hall–Kier alpha value is -2.34. The second-order valence-corrected chi connectivity index (χ2v) is 9.32. The molecule has 31 heavy (non-hydrogen) atoms. The molecule has 0 spiro atoms. The van der Waals surface area contributed by atoms with Crippen molar-refractivity contribution in [3.63, 3.8) is 0 Å². The number of carbonyl (C=O) groups is 1. The quantitative estimate of drug-likeness (QED) is 0.730. The molecule has 6 nitrogen and oxygen atoms in total. The maximum Gasteiger partial charge on any atom is 0.336 e. The minimum atomic E-state index is -0.666. The number of amides is 1. The van der Waals surface area contributed by atoms with Gasteiger partial charge in [0, 0.05) is 25.1 Å². The Labute approximate surface area is 183 Å². The molecule has 0 bridgehead atoms. The van der Waals surface area contributed by atoms with Crippen LogP contribution in [0.3, 0.4) is 0 Å². The highest BCUT2D eigenvalue weighted by Crippen LogP contribution is 2.40. The Morgan fingerprint density at radius 2 is 2.13 bits per heavy atom. The van der Waals surface area contributed by atoms with E-state index in [1.165, 1.54) is 6.07 Å².